The fourth-order valence-corrected chi connectivity index (χ4v) is 3.86. The van der Waals surface area contributed by atoms with Crippen LogP contribution in [0.4, 0.5) is 11.4 Å². The number of nitrogen functional groups attached to an aromatic ring is 1. The number of rotatable bonds is 4. The molecule has 1 heterocycles. The van der Waals surface area contributed by atoms with Crippen LogP contribution >= 0.6 is 0 Å². The molecule has 1 aromatic rings. The number of carbonyl (C=O) groups is 2. The molecule has 0 saturated carbocycles. The minimum Gasteiger partial charge on any atom is -0.461 e. The number of nitrogens with zero attached hydrogens (tertiary/aromatic N) is 2. The quantitative estimate of drug-likeness (QED) is 0.450. The van der Waals surface area contributed by atoms with Crippen LogP contribution in [-0.2, 0) is 24.4 Å². The molecular formula is C15H19N3O6S. The first kappa shape index (κ1) is 18.9. The van der Waals surface area contributed by atoms with Gasteiger partial charge in [-0.1, -0.05) is 0 Å². The molecule has 0 radical (unpaired) electrons. The van der Waals surface area contributed by atoms with Gasteiger partial charge in [-0.05, 0) is 44.4 Å². The fourth-order valence-electron chi connectivity index (χ4n) is 2.88. The van der Waals surface area contributed by atoms with Crippen molar-refractivity contribution < 1.29 is 27.3 Å². The van der Waals surface area contributed by atoms with Crippen molar-refractivity contribution in [2.45, 2.75) is 32.6 Å². The van der Waals surface area contributed by atoms with Crippen LogP contribution in [0.25, 0.3) is 0 Å². The molecule has 10 heteroatoms. The summed E-state index contributed by atoms with van der Waals surface area (Å²) in [6.07, 6.45) is 0. The molecule has 0 spiro atoms. The molecule has 0 unspecified atom stereocenters. The first-order chi connectivity index (χ1) is 11.5. The van der Waals surface area contributed by atoms with E-state index in [1.807, 2.05) is 0 Å². The van der Waals surface area contributed by atoms with Gasteiger partial charge in [-0.3, -0.25) is 14.4 Å². The van der Waals surface area contributed by atoms with Gasteiger partial charge in [-0.15, -0.1) is 0 Å². The zero-order valence-electron chi connectivity index (χ0n) is 14.3. The number of benzene rings is 1. The van der Waals surface area contributed by atoms with Gasteiger partial charge >= 0.3 is 5.97 Å². The number of anilines is 2. The molecule has 136 valence electrons. The third-order valence-corrected chi connectivity index (χ3v) is 5.09. The number of esters is 1. The summed E-state index contributed by atoms with van der Waals surface area (Å²) in [7, 11) is -4.54. The average molecular weight is 369 g/mol. The highest BCUT2D eigenvalue weighted by molar-refractivity contribution is 7.86. The van der Waals surface area contributed by atoms with E-state index >= 15 is 0 Å². The normalized spacial score (nSPS) is 14.7. The minimum atomic E-state index is -4.54. The Balaban J connectivity index is 2.67. The highest BCUT2D eigenvalue weighted by Crippen LogP contribution is 2.38. The summed E-state index contributed by atoms with van der Waals surface area (Å²) in [5.41, 5.74) is 6.89. The molecule has 3 N–H and O–H groups in total. The largest absolute Gasteiger partial charge is 0.461 e. The van der Waals surface area contributed by atoms with Gasteiger partial charge in [-0.2, -0.15) is 13.5 Å². The second-order valence-corrected chi connectivity index (χ2v) is 6.95. The Labute approximate surface area is 145 Å². The molecule has 1 aliphatic rings. The fraction of sp³-hybridized carbons (Fsp3) is 0.400. The van der Waals surface area contributed by atoms with E-state index in [2.05, 4.69) is 5.10 Å². The second kappa shape index (κ2) is 6.45. The molecule has 0 bridgehead atoms. The molecule has 0 amide bonds. The van der Waals surface area contributed by atoms with Crippen LogP contribution in [0.1, 0.15) is 23.6 Å². The third-order valence-electron chi connectivity index (χ3n) is 3.96. The third kappa shape index (κ3) is 3.22. The molecule has 0 aromatic heterocycles. The van der Waals surface area contributed by atoms with Crippen LogP contribution in [0.2, 0.25) is 0 Å². The van der Waals surface area contributed by atoms with Crippen LogP contribution in [-0.4, -0.2) is 43.6 Å². The van der Waals surface area contributed by atoms with Crippen molar-refractivity contribution in [3.63, 3.8) is 0 Å². The van der Waals surface area contributed by atoms with Gasteiger partial charge in [0.2, 0.25) is 11.5 Å². The molecule has 0 aliphatic carbocycles. The number of carbonyl (C=O) groups excluding carboxylic acids is 2. The number of ether oxygens (including phenoxy) is 1. The van der Waals surface area contributed by atoms with Crippen LogP contribution in [0.5, 0.6) is 0 Å². The highest BCUT2D eigenvalue weighted by atomic mass is 32.2. The maximum absolute atomic E-state index is 12.1. The van der Waals surface area contributed by atoms with E-state index in [0.717, 1.165) is 0 Å². The molecule has 2 rings (SSSR count). The topological polar surface area (TPSA) is 139 Å². The van der Waals surface area contributed by atoms with Crippen LogP contribution < -0.4 is 10.7 Å². The van der Waals surface area contributed by atoms with E-state index in [-0.39, 0.29) is 46.3 Å². The Morgan fingerprint density at radius 1 is 1.28 bits per heavy atom. The maximum Gasteiger partial charge on any atom is 0.362 e. The lowest BCUT2D eigenvalue weighted by molar-refractivity contribution is -0.135. The van der Waals surface area contributed by atoms with Crippen molar-refractivity contribution in [3.8, 4) is 0 Å². The smallest absolute Gasteiger partial charge is 0.362 e. The Kier molecular flexibility index (Phi) is 4.87. The van der Waals surface area contributed by atoms with Crippen molar-refractivity contribution in [1.29, 1.82) is 0 Å². The molecule has 0 fully saturated rings. The standard InChI is InChI=1S/C15H19N3O6S/c1-5-24-15(20)12-10(19)6-18(17-12)13-7(2)11(16)8(3)14(9(13)4)25(21,22)23/h5-6,16H2,1-4H3,(H,21,22,23). The molecule has 1 aromatic carbocycles. The summed E-state index contributed by atoms with van der Waals surface area (Å²) < 4.78 is 37.8. The van der Waals surface area contributed by atoms with E-state index < -0.39 is 21.9 Å². The van der Waals surface area contributed by atoms with E-state index in [4.69, 9.17) is 10.5 Å². The summed E-state index contributed by atoms with van der Waals surface area (Å²) in [5.74, 6) is -1.40. The number of nitrogens with two attached hydrogens (primary N) is 1. The Hall–Kier alpha value is -2.46. The van der Waals surface area contributed by atoms with Crippen molar-refractivity contribution in [2.24, 2.45) is 5.10 Å². The van der Waals surface area contributed by atoms with Gasteiger partial charge in [0.05, 0.1) is 12.3 Å². The van der Waals surface area contributed by atoms with Crippen molar-refractivity contribution in [3.05, 3.63) is 16.7 Å². The van der Waals surface area contributed by atoms with Crippen LogP contribution in [0, 0.1) is 20.8 Å². The SMILES string of the molecule is CCOC(=O)C1=NN(c2c(C)c(N)c(C)c(S(=O)(=O)O)c2C)CC1=O. The van der Waals surface area contributed by atoms with E-state index in [0.29, 0.717) is 5.56 Å². The summed E-state index contributed by atoms with van der Waals surface area (Å²) >= 11 is 0. The predicted molar refractivity (Wildman–Crippen MR) is 91.3 cm³/mol. The van der Waals surface area contributed by atoms with E-state index in [1.54, 1.807) is 13.8 Å². The summed E-state index contributed by atoms with van der Waals surface area (Å²) in [6, 6.07) is 0. The van der Waals surface area contributed by atoms with E-state index in [9.17, 15) is 22.6 Å². The molecule has 9 nitrogen and oxygen atoms in total. The minimum absolute atomic E-state index is 0.0908. The zero-order chi connectivity index (χ0) is 19.1. The zero-order valence-corrected chi connectivity index (χ0v) is 15.1. The Bertz CT molecular complexity index is 905. The van der Waals surface area contributed by atoms with Crippen molar-refractivity contribution >= 4 is 39.0 Å². The first-order valence-corrected chi connectivity index (χ1v) is 8.87. The predicted octanol–water partition coefficient (Wildman–Crippen LogP) is 0.749. The monoisotopic (exact) mass is 369 g/mol. The number of Topliss-reactive ketones (excluding diaryl/α,β-unsaturated/α-hetero) is 1. The van der Waals surface area contributed by atoms with Gasteiger partial charge in [0.25, 0.3) is 10.1 Å². The van der Waals surface area contributed by atoms with Gasteiger partial charge < -0.3 is 10.5 Å². The average Bonchev–Trinajstić information content (AvgIpc) is 2.85. The summed E-state index contributed by atoms with van der Waals surface area (Å²) in [6.45, 7) is 6.02. The lowest BCUT2D eigenvalue weighted by Gasteiger charge is -2.23. The first-order valence-electron chi connectivity index (χ1n) is 7.43. The van der Waals surface area contributed by atoms with Gasteiger partial charge in [-0.25, -0.2) is 4.79 Å². The van der Waals surface area contributed by atoms with Crippen LogP contribution in [0.3, 0.4) is 0 Å². The Morgan fingerprint density at radius 3 is 2.40 bits per heavy atom. The lowest BCUT2D eigenvalue weighted by Crippen LogP contribution is -2.25. The summed E-state index contributed by atoms with van der Waals surface area (Å²) in [4.78, 5) is 23.5. The number of hydrogen-bond acceptors (Lipinski definition) is 8. The number of hydrazone groups is 1. The molecule has 1 aliphatic heterocycles. The number of hydrogen-bond donors (Lipinski definition) is 2. The van der Waals surface area contributed by atoms with Gasteiger partial charge in [0.1, 0.15) is 11.4 Å². The number of ketones is 1. The lowest BCUT2D eigenvalue weighted by atomic mass is 10.0. The second-order valence-electron chi connectivity index (χ2n) is 5.59. The molecule has 0 atom stereocenters. The summed E-state index contributed by atoms with van der Waals surface area (Å²) in [5, 5.41) is 5.17. The molecule has 0 saturated heterocycles. The van der Waals surface area contributed by atoms with Gasteiger partial charge in [0.15, 0.2) is 0 Å². The Morgan fingerprint density at radius 2 is 1.88 bits per heavy atom. The van der Waals surface area contributed by atoms with Crippen LogP contribution in [0.15, 0.2) is 10.00 Å². The van der Waals surface area contributed by atoms with Crippen molar-refractivity contribution in [2.75, 3.05) is 23.9 Å². The maximum atomic E-state index is 12.1. The van der Waals surface area contributed by atoms with Gasteiger partial charge in [0, 0.05) is 5.69 Å². The van der Waals surface area contributed by atoms with E-state index in [1.165, 1.54) is 18.9 Å². The molecular weight excluding hydrogens is 350 g/mol. The molecule has 25 heavy (non-hydrogen) atoms. The van der Waals surface area contributed by atoms with Crippen molar-refractivity contribution in [1.82, 2.24) is 0 Å². The highest BCUT2D eigenvalue weighted by Gasteiger charge is 2.34.